The number of hydrogen-bond donors (Lipinski definition) is 2. The highest BCUT2D eigenvalue weighted by atomic mass is 127. The normalized spacial score (nSPS) is 11.2. The smallest absolute Gasteiger partial charge is 0.307 e. The van der Waals surface area contributed by atoms with Crippen LogP contribution in [0.2, 0.25) is 0 Å². The molecule has 168 valence electrons. The number of halogens is 4. The van der Waals surface area contributed by atoms with Crippen LogP contribution in [-0.4, -0.2) is 30.1 Å². The highest BCUT2D eigenvalue weighted by molar-refractivity contribution is 14.1. The molecule has 2 N–H and O–H groups in total. The SMILES string of the molecule is CI.FC(F)(F)c1ccccc1-c1nc(Nc2n[nH]c(-c3cccs3)n2)c2ccccc2n1. The van der Waals surface area contributed by atoms with Crippen molar-refractivity contribution in [1.29, 1.82) is 0 Å². The van der Waals surface area contributed by atoms with Crippen LogP contribution in [0.25, 0.3) is 33.0 Å². The lowest BCUT2D eigenvalue weighted by molar-refractivity contribution is -0.137. The number of alkyl halides is 4. The lowest BCUT2D eigenvalue weighted by Gasteiger charge is -2.13. The van der Waals surface area contributed by atoms with Crippen LogP contribution in [0.5, 0.6) is 0 Å². The summed E-state index contributed by atoms with van der Waals surface area (Å²) in [6.07, 6.45) is -4.53. The summed E-state index contributed by atoms with van der Waals surface area (Å²) in [5, 5.41) is 12.6. The molecule has 0 spiro atoms. The Balaban J connectivity index is 0.00000126. The van der Waals surface area contributed by atoms with Gasteiger partial charge >= 0.3 is 6.18 Å². The molecule has 0 aliphatic rings. The van der Waals surface area contributed by atoms with Crippen LogP contribution >= 0.6 is 33.9 Å². The highest BCUT2D eigenvalue weighted by Crippen LogP contribution is 2.37. The molecule has 33 heavy (non-hydrogen) atoms. The van der Waals surface area contributed by atoms with E-state index in [0.717, 1.165) is 10.9 Å². The fourth-order valence-corrected chi connectivity index (χ4v) is 3.83. The Morgan fingerprint density at radius 1 is 0.909 bits per heavy atom. The van der Waals surface area contributed by atoms with Crippen LogP contribution in [0.4, 0.5) is 24.9 Å². The predicted octanol–water partition coefficient (Wildman–Crippen LogP) is 6.96. The molecule has 0 bridgehead atoms. The van der Waals surface area contributed by atoms with E-state index in [1.807, 2.05) is 22.4 Å². The van der Waals surface area contributed by atoms with Gasteiger partial charge in [-0.05, 0) is 34.6 Å². The molecule has 6 nitrogen and oxygen atoms in total. The van der Waals surface area contributed by atoms with Crippen LogP contribution < -0.4 is 5.32 Å². The first kappa shape index (κ1) is 23.1. The lowest BCUT2D eigenvalue weighted by atomic mass is 10.1. The molecule has 11 heteroatoms. The van der Waals surface area contributed by atoms with Crippen molar-refractivity contribution in [2.24, 2.45) is 0 Å². The molecular weight excluding hydrogens is 564 g/mol. The fraction of sp³-hybridized carbons (Fsp3) is 0.0909. The molecule has 0 fully saturated rings. The van der Waals surface area contributed by atoms with Gasteiger partial charge in [-0.2, -0.15) is 18.2 Å². The van der Waals surface area contributed by atoms with Gasteiger partial charge in [-0.1, -0.05) is 59.0 Å². The van der Waals surface area contributed by atoms with E-state index < -0.39 is 11.7 Å². The minimum Gasteiger partial charge on any atom is -0.307 e. The second-order valence-corrected chi connectivity index (χ2v) is 7.51. The zero-order valence-electron chi connectivity index (χ0n) is 17.1. The van der Waals surface area contributed by atoms with Crippen molar-refractivity contribution in [3.8, 4) is 22.1 Å². The number of nitrogens with one attached hydrogen (secondary N) is 2. The van der Waals surface area contributed by atoms with Crippen LogP contribution in [-0.2, 0) is 6.18 Å². The van der Waals surface area contributed by atoms with E-state index in [1.54, 1.807) is 24.3 Å². The molecule has 0 unspecified atom stereocenters. The molecule has 2 aromatic carbocycles. The Morgan fingerprint density at radius 3 is 2.42 bits per heavy atom. The molecule has 0 atom stereocenters. The summed E-state index contributed by atoms with van der Waals surface area (Å²) >= 11 is 3.66. The number of fused-ring (bicyclic) bond motifs is 1. The molecule has 0 amide bonds. The molecule has 5 aromatic rings. The van der Waals surface area contributed by atoms with Gasteiger partial charge in [0.25, 0.3) is 0 Å². The Morgan fingerprint density at radius 2 is 1.67 bits per heavy atom. The molecular formula is C22H16F3IN6S. The van der Waals surface area contributed by atoms with Gasteiger partial charge < -0.3 is 5.32 Å². The van der Waals surface area contributed by atoms with Gasteiger partial charge in [0.05, 0.1) is 16.0 Å². The van der Waals surface area contributed by atoms with Crippen LogP contribution in [0.1, 0.15) is 5.56 Å². The monoisotopic (exact) mass is 580 g/mol. The summed E-state index contributed by atoms with van der Waals surface area (Å²) < 4.78 is 40.6. The molecule has 0 aliphatic heterocycles. The first-order chi connectivity index (χ1) is 16.0. The quantitative estimate of drug-likeness (QED) is 0.178. The summed E-state index contributed by atoms with van der Waals surface area (Å²) in [5.41, 5.74) is -0.395. The zero-order chi connectivity index (χ0) is 23.4. The topological polar surface area (TPSA) is 79.4 Å². The van der Waals surface area contributed by atoms with Gasteiger partial charge in [0, 0.05) is 10.9 Å². The van der Waals surface area contributed by atoms with Crippen molar-refractivity contribution in [3.05, 3.63) is 71.6 Å². The minimum atomic E-state index is -4.53. The van der Waals surface area contributed by atoms with Crippen molar-refractivity contribution < 1.29 is 13.2 Å². The Hall–Kier alpha value is -3.06. The average Bonchev–Trinajstić information content (AvgIpc) is 3.52. The Kier molecular flexibility index (Phi) is 6.88. The standard InChI is InChI=1S/C21H13F3N6S.CH3I/c22-21(23,24)14-8-3-1-6-12(14)17-25-15-9-4-2-7-13(15)18(26-17)27-20-28-19(29-30-20)16-10-5-11-31-16;1-2/h1-11H,(H2,25,26,27,28,29,30);1H3. The maximum Gasteiger partial charge on any atom is 0.417 e. The van der Waals surface area contributed by atoms with Crippen molar-refractivity contribution in [1.82, 2.24) is 25.1 Å². The first-order valence-corrected chi connectivity index (χ1v) is 12.6. The third kappa shape index (κ3) is 4.98. The van der Waals surface area contributed by atoms with Crippen LogP contribution in [0.3, 0.4) is 0 Å². The summed E-state index contributed by atoms with van der Waals surface area (Å²) in [6.45, 7) is 0. The Labute approximate surface area is 204 Å². The van der Waals surface area contributed by atoms with Gasteiger partial charge in [0.15, 0.2) is 11.6 Å². The summed E-state index contributed by atoms with van der Waals surface area (Å²) in [5.74, 6) is 1.11. The minimum absolute atomic E-state index is 0.0388. The number of para-hydroxylation sites is 1. The number of aromatic nitrogens is 5. The van der Waals surface area contributed by atoms with Crippen molar-refractivity contribution >= 4 is 56.6 Å². The second kappa shape index (κ2) is 9.83. The summed E-state index contributed by atoms with van der Waals surface area (Å²) in [7, 11) is 0. The van der Waals surface area contributed by atoms with E-state index in [2.05, 4.69) is 53.1 Å². The third-order valence-electron chi connectivity index (χ3n) is 4.55. The number of H-pyrrole nitrogens is 1. The van der Waals surface area contributed by atoms with E-state index in [1.165, 1.54) is 29.5 Å². The maximum absolute atomic E-state index is 13.5. The van der Waals surface area contributed by atoms with Gasteiger partial charge in [0.1, 0.15) is 5.82 Å². The molecule has 0 radical (unpaired) electrons. The molecule has 5 rings (SSSR count). The Bertz CT molecular complexity index is 1370. The predicted molar refractivity (Wildman–Crippen MR) is 133 cm³/mol. The number of nitrogens with zero attached hydrogens (tertiary/aromatic N) is 4. The summed E-state index contributed by atoms with van der Waals surface area (Å²) in [4.78, 5) is 16.1. The van der Waals surface area contributed by atoms with Crippen molar-refractivity contribution in [2.45, 2.75) is 6.18 Å². The van der Waals surface area contributed by atoms with Gasteiger partial charge in [0.2, 0.25) is 5.95 Å². The average molecular weight is 580 g/mol. The first-order valence-electron chi connectivity index (χ1n) is 9.53. The lowest BCUT2D eigenvalue weighted by Crippen LogP contribution is -2.09. The number of aromatic amines is 1. The van der Waals surface area contributed by atoms with E-state index in [9.17, 15) is 13.2 Å². The molecule has 0 saturated carbocycles. The van der Waals surface area contributed by atoms with E-state index >= 15 is 0 Å². The van der Waals surface area contributed by atoms with E-state index in [4.69, 9.17) is 0 Å². The van der Waals surface area contributed by atoms with E-state index in [-0.39, 0.29) is 17.3 Å². The number of thiophene rings is 1. The molecule has 0 aliphatic carbocycles. The number of anilines is 2. The van der Waals surface area contributed by atoms with Gasteiger partial charge in [-0.15, -0.1) is 16.4 Å². The van der Waals surface area contributed by atoms with Gasteiger partial charge in [-0.3, -0.25) is 5.10 Å². The van der Waals surface area contributed by atoms with Crippen LogP contribution in [0.15, 0.2) is 66.0 Å². The second-order valence-electron chi connectivity index (χ2n) is 6.57. The zero-order valence-corrected chi connectivity index (χ0v) is 20.0. The van der Waals surface area contributed by atoms with Crippen molar-refractivity contribution in [3.63, 3.8) is 0 Å². The number of rotatable bonds is 4. The van der Waals surface area contributed by atoms with Crippen molar-refractivity contribution in [2.75, 3.05) is 10.2 Å². The van der Waals surface area contributed by atoms with Gasteiger partial charge in [-0.25, -0.2) is 9.97 Å². The number of benzene rings is 2. The molecule has 0 saturated heterocycles. The highest BCUT2D eigenvalue weighted by Gasteiger charge is 2.34. The molecule has 3 aromatic heterocycles. The third-order valence-corrected chi connectivity index (χ3v) is 5.42. The van der Waals surface area contributed by atoms with E-state index in [0.29, 0.717) is 22.5 Å². The fourth-order valence-electron chi connectivity index (χ4n) is 3.16. The number of hydrogen-bond acceptors (Lipinski definition) is 6. The molecule has 3 heterocycles. The summed E-state index contributed by atoms with van der Waals surface area (Å²) in [6, 6.07) is 16.1. The van der Waals surface area contributed by atoms with Crippen LogP contribution in [0, 0.1) is 0 Å². The maximum atomic E-state index is 13.5. The largest absolute Gasteiger partial charge is 0.417 e.